The van der Waals surface area contributed by atoms with Gasteiger partial charge in [-0.1, -0.05) is 60.2 Å². The van der Waals surface area contributed by atoms with Crippen molar-refractivity contribution in [3.05, 3.63) is 75.8 Å². The Kier molecular flexibility index (Phi) is 5.41. The fraction of sp³-hybridized carbons (Fsp3) is 0.259. The quantitative estimate of drug-likeness (QED) is 0.295. The van der Waals surface area contributed by atoms with E-state index in [2.05, 4.69) is 82.9 Å². The van der Waals surface area contributed by atoms with Crippen molar-refractivity contribution in [3.63, 3.8) is 0 Å². The van der Waals surface area contributed by atoms with Gasteiger partial charge in [0.1, 0.15) is 0 Å². The highest BCUT2D eigenvalue weighted by Crippen LogP contribution is 2.50. The zero-order valence-corrected chi connectivity index (χ0v) is 21.7. The third-order valence-electron chi connectivity index (χ3n) is 6.67. The minimum Gasteiger partial charge on any atom is -0.338 e. The summed E-state index contributed by atoms with van der Waals surface area (Å²) in [6, 6.07) is 19.0. The van der Waals surface area contributed by atoms with E-state index < -0.39 is 10.0 Å². The van der Waals surface area contributed by atoms with Gasteiger partial charge in [-0.2, -0.15) is 0 Å². The van der Waals surface area contributed by atoms with Crippen LogP contribution in [0.15, 0.2) is 59.1 Å². The third kappa shape index (κ3) is 3.51. The van der Waals surface area contributed by atoms with Gasteiger partial charge < -0.3 is 4.57 Å². The minimum absolute atomic E-state index is 0.472. The highest BCUT2D eigenvalue weighted by Gasteiger charge is 2.32. The summed E-state index contributed by atoms with van der Waals surface area (Å²) in [5, 5.41) is 1.11. The highest BCUT2D eigenvalue weighted by atomic mass is 79.9. The molecule has 6 heteroatoms. The van der Waals surface area contributed by atoms with Gasteiger partial charge in [-0.25, -0.2) is 8.42 Å². The first-order valence-corrected chi connectivity index (χ1v) is 13.8. The molecule has 0 fully saturated rings. The number of aryl methyl sites for hydroxylation is 3. The topological polar surface area (TPSA) is 42.3 Å². The summed E-state index contributed by atoms with van der Waals surface area (Å²) in [5.41, 5.74) is 9.67. The zero-order chi connectivity index (χ0) is 23.5. The number of rotatable bonds is 3. The maximum atomic E-state index is 12.9. The fourth-order valence-electron chi connectivity index (χ4n) is 5.18. The molecule has 1 aliphatic rings. The molecular formula is C27H27BrN2O2S. The van der Waals surface area contributed by atoms with Crippen LogP contribution in [0.25, 0.3) is 33.3 Å². The average molecular weight is 523 g/mol. The number of hydrogen-bond donors (Lipinski definition) is 0. The molecule has 0 atom stereocenters. The first kappa shape index (κ1) is 22.2. The largest absolute Gasteiger partial charge is 0.338 e. The number of hydrogen-bond acceptors (Lipinski definition) is 2. The Balaban J connectivity index is 2.01. The number of nitrogens with zero attached hydrogens (tertiary/aromatic N) is 2. The summed E-state index contributed by atoms with van der Waals surface area (Å²) in [4.78, 5) is 0. The van der Waals surface area contributed by atoms with E-state index in [4.69, 9.17) is 0 Å². The molecule has 5 rings (SSSR count). The average Bonchev–Trinajstić information content (AvgIpc) is 2.92. The Bertz CT molecular complexity index is 1490. The summed E-state index contributed by atoms with van der Waals surface area (Å²) in [7, 11) is -3.43. The summed E-state index contributed by atoms with van der Waals surface area (Å²) in [6.45, 7) is 7.51. The van der Waals surface area contributed by atoms with Crippen molar-refractivity contribution in [2.45, 2.75) is 33.7 Å². The van der Waals surface area contributed by atoms with Crippen molar-refractivity contribution in [2.24, 2.45) is 0 Å². The van der Waals surface area contributed by atoms with E-state index in [0.29, 0.717) is 6.54 Å². The molecule has 1 aliphatic heterocycles. The molecule has 0 bridgehead atoms. The van der Waals surface area contributed by atoms with Gasteiger partial charge in [-0.15, -0.1) is 0 Å². The Morgan fingerprint density at radius 3 is 2.15 bits per heavy atom. The highest BCUT2D eigenvalue weighted by molar-refractivity contribution is 9.10. The molecule has 2 heterocycles. The van der Waals surface area contributed by atoms with Gasteiger partial charge in [-0.3, -0.25) is 4.31 Å². The Morgan fingerprint density at radius 2 is 1.52 bits per heavy atom. The van der Waals surface area contributed by atoms with E-state index in [-0.39, 0.29) is 0 Å². The van der Waals surface area contributed by atoms with Gasteiger partial charge in [0, 0.05) is 28.5 Å². The van der Waals surface area contributed by atoms with Crippen LogP contribution in [0, 0.1) is 20.8 Å². The number of anilines is 1. The van der Waals surface area contributed by atoms with Crippen LogP contribution >= 0.6 is 15.9 Å². The molecule has 0 saturated heterocycles. The van der Waals surface area contributed by atoms with Crippen LogP contribution < -0.4 is 4.31 Å². The van der Waals surface area contributed by atoms with Gasteiger partial charge in [0.15, 0.2) is 0 Å². The molecule has 0 aliphatic carbocycles. The second-order valence-electron chi connectivity index (χ2n) is 8.93. The second-order valence-corrected chi connectivity index (χ2v) is 11.6. The fourth-order valence-corrected chi connectivity index (χ4v) is 6.81. The van der Waals surface area contributed by atoms with E-state index in [1.165, 1.54) is 17.4 Å². The van der Waals surface area contributed by atoms with Crippen molar-refractivity contribution in [3.8, 4) is 22.4 Å². The van der Waals surface area contributed by atoms with Crippen LogP contribution in [-0.4, -0.2) is 25.8 Å². The van der Waals surface area contributed by atoms with Crippen molar-refractivity contribution in [1.82, 2.24) is 4.57 Å². The normalized spacial score (nSPS) is 14.0. The molecule has 4 aromatic rings. The van der Waals surface area contributed by atoms with Crippen LogP contribution in [0.2, 0.25) is 0 Å². The third-order valence-corrected chi connectivity index (χ3v) is 8.82. The van der Waals surface area contributed by atoms with Gasteiger partial charge in [0.2, 0.25) is 10.0 Å². The lowest BCUT2D eigenvalue weighted by Crippen LogP contribution is -2.31. The first-order chi connectivity index (χ1) is 15.7. The maximum Gasteiger partial charge on any atom is 0.232 e. The standard InChI is InChI=1S/C27H27BrN2O2S/c1-17-11-13-20(14-12-17)23-22-18(2)25(21-9-6-5-7-10-21)29-15-8-16-30(33(4,31)32)26(27(22)29)19(3)24(23)28/h5-7,9-14H,8,15-16H2,1-4H3. The van der Waals surface area contributed by atoms with E-state index in [0.717, 1.165) is 62.0 Å². The lowest BCUT2D eigenvalue weighted by molar-refractivity contribution is 0.593. The molecule has 0 unspecified atom stereocenters. The summed E-state index contributed by atoms with van der Waals surface area (Å²) < 4.78 is 30.7. The van der Waals surface area contributed by atoms with Crippen molar-refractivity contribution in [1.29, 1.82) is 0 Å². The lowest BCUT2D eigenvalue weighted by atomic mass is 9.94. The van der Waals surface area contributed by atoms with Gasteiger partial charge >= 0.3 is 0 Å². The smallest absolute Gasteiger partial charge is 0.232 e. The molecule has 0 amide bonds. The number of aromatic nitrogens is 1. The maximum absolute atomic E-state index is 12.9. The van der Waals surface area contributed by atoms with Crippen LogP contribution in [0.4, 0.5) is 5.69 Å². The monoisotopic (exact) mass is 522 g/mol. The Morgan fingerprint density at radius 1 is 0.848 bits per heavy atom. The van der Waals surface area contributed by atoms with E-state index in [9.17, 15) is 8.42 Å². The van der Waals surface area contributed by atoms with E-state index in [1.54, 1.807) is 4.31 Å². The van der Waals surface area contributed by atoms with Crippen LogP contribution in [0.3, 0.4) is 0 Å². The molecule has 0 N–H and O–H groups in total. The van der Waals surface area contributed by atoms with Crippen LogP contribution in [-0.2, 0) is 16.6 Å². The van der Waals surface area contributed by atoms with Crippen LogP contribution in [0.1, 0.15) is 23.1 Å². The minimum atomic E-state index is -3.43. The Labute approximate surface area is 204 Å². The molecule has 170 valence electrons. The molecule has 0 radical (unpaired) electrons. The van der Waals surface area contributed by atoms with E-state index in [1.807, 2.05) is 13.0 Å². The Hall–Kier alpha value is -2.57. The molecule has 3 aromatic carbocycles. The molecule has 4 nitrogen and oxygen atoms in total. The number of sulfonamides is 1. The van der Waals surface area contributed by atoms with Gasteiger partial charge in [0.25, 0.3) is 0 Å². The predicted octanol–water partition coefficient (Wildman–Crippen LogP) is 6.83. The predicted molar refractivity (Wildman–Crippen MR) is 142 cm³/mol. The number of benzene rings is 3. The van der Waals surface area contributed by atoms with Crippen molar-refractivity contribution < 1.29 is 8.42 Å². The second kappa shape index (κ2) is 8.03. The molecular weight excluding hydrogens is 496 g/mol. The first-order valence-electron chi connectivity index (χ1n) is 11.1. The van der Waals surface area contributed by atoms with E-state index >= 15 is 0 Å². The van der Waals surface area contributed by atoms with Crippen molar-refractivity contribution in [2.75, 3.05) is 17.1 Å². The lowest BCUT2D eigenvalue weighted by Gasteiger charge is -2.25. The number of halogens is 1. The summed E-state index contributed by atoms with van der Waals surface area (Å²) in [6.07, 6.45) is 2.06. The van der Waals surface area contributed by atoms with Crippen LogP contribution in [0.5, 0.6) is 0 Å². The molecule has 0 spiro atoms. The van der Waals surface area contributed by atoms with Crippen molar-refractivity contribution >= 4 is 42.5 Å². The van der Waals surface area contributed by atoms with Gasteiger partial charge in [0.05, 0.1) is 23.2 Å². The SMILES string of the molecule is Cc1ccc(-c2c(Br)c(C)c3c4c2c(C)c(-c2ccccc2)n4CCCN3S(C)(=O)=O)cc1. The molecule has 0 saturated carbocycles. The zero-order valence-electron chi connectivity index (χ0n) is 19.3. The molecule has 33 heavy (non-hydrogen) atoms. The van der Waals surface area contributed by atoms with Gasteiger partial charge in [-0.05, 0) is 65.4 Å². The molecule has 1 aromatic heterocycles. The summed E-state index contributed by atoms with van der Waals surface area (Å²) >= 11 is 3.89. The summed E-state index contributed by atoms with van der Waals surface area (Å²) in [5.74, 6) is 0.